The van der Waals surface area contributed by atoms with E-state index in [-0.39, 0.29) is 24.3 Å². The lowest BCUT2D eigenvalue weighted by atomic mass is 9.86. The summed E-state index contributed by atoms with van der Waals surface area (Å²) in [6, 6.07) is 9.33. The summed E-state index contributed by atoms with van der Waals surface area (Å²) >= 11 is 5.47. The number of ether oxygens (including phenoxy) is 2. The van der Waals surface area contributed by atoms with E-state index in [1.807, 2.05) is 16.8 Å². The molecule has 1 saturated carbocycles. The molecule has 2 N–H and O–H groups in total. The van der Waals surface area contributed by atoms with Gasteiger partial charge in [-0.3, -0.25) is 0 Å². The number of aromatic nitrogens is 3. The molecule has 3 fully saturated rings. The van der Waals surface area contributed by atoms with Crippen LogP contribution in [0.5, 0.6) is 0 Å². The lowest BCUT2D eigenvalue weighted by molar-refractivity contribution is 0.0624. The number of anilines is 1. The molecule has 2 aromatic rings. The summed E-state index contributed by atoms with van der Waals surface area (Å²) in [5.41, 5.74) is 2.42. The van der Waals surface area contributed by atoms with Crippen LogP contribution in [0.1, 0.15) is 49.4 Å². The molecule has 168 valence electrons. The molecule has 5 rings (SSSR count). The molecule has 2 saturated heterocycles. The molecule has 3 heterocycles. The Hall–Kier alpha value is -2.54. The molecular formula is C23H28N6O2S. The first-order valence-corrected chi connectivity index (χ1v) is 11.8. The third kappa shape index (κ3) is 4.63. The van der Waals surface area contributed by atoms with E-state index in [1.165, 1.54) is 32.1 Å². The van der Waals surface area contributed by atoms with Crippen LogP contribution in [-0.2, 0) is 15.9 Å². The Labute approximate surface area is 193 Å². The Morgan fingerprint density at radius 1 is 1.19 bits per heavy atom. The molecule has 0 radical (unpaired) electrons. The molecule has 0 amide bonds. The maximum absolute atomic E-state index is 9.06. The van der Waals surface area contributed by atoms with Crippen LogP contribution in [0.4, 0.5) is 5.69 Å². The molecule has 1 aliphatic carbocycles. The number of nitrogens with one attached hydrogen (secondary N) is 2. The average molecular weight is 453 g/mol. The van der Waals surface area contributed by atoms with Crippen molar-refractivity contribution in [3.05, 3.63) is 41.7 Å². The zero-order valence-corrected chi connectivity index (χ0v) is 18.8. The van der Waals surface area contributed by atoms with Crippen molar-refractivity contribution in [1.29, 1.82) is 5.26 Å². The Kier molecular flexibility index (Phi) is 6.35. The third-order valence-electron chi connectivity index (χ3n) is 6.71. The minimum atomic E-state index is -0.101. The monoisotopic (exact) mass is 452 g/mol. The molecule has 8 nitrogen and oxygen atoms in total. The first kappa shape index (κ1) is 21.3. The molecule has 1 aromatic carbocycles. The van der Waals surface area contributed by atoms with Crippen molar-refractivity contribution in [2.45, 2.75) is 62.8 Å². The number of benzene rings is 1. The summed E-state index contributed by atoms with van der Waals surface area (Å²) in [6.45, 7) is 1.06. The fraction of sp³-hybridized carbons (Fsp3) is 0.565. The van der Waals surface area contributed by atoms with Crippen LogP contribution in [-0.4, -0.2) is 51.6 Å². The highest BCUT2D eigenvalue weighted by Gasteiger charge is 2.49. The van der Waals surface area contributed by atoms with E-state index in [1.54, 1.807) is 12.1 Å². The number of thiocarbonyl (C=S) groups is 1. The van der Waals surface area contributed by atoms with Gasteiger partial charge < -0.3 is 20.1 Å². The number of hydrogen-bond donors (Lipinski definition) is 2. The summed E-state index contributed by atoms with van der Waals surface area (Å²) in [6.07, 6.45) is 9.54. The molecule has 2 aliphatic heterocycles. The van der Waals surface area contributed by atoms with Crippen molar-refractivity contribution in [1.82, 2.24) is 20.3 Å². The fourth-order valence-electron chi connectivity index (χ4n) is 5.09. The topological polar surface area (TPSA) is 97.0 Å². The summed E-state index contributed by atoms with van der Waals surface area (Å²) in [7, 11) is 0. The largest absolute Gasteiger partial charge is 0.371 e. The molecule has 3 aliphatic rings. The zero-order valence-electron chi connectivity index (χ0n) is 17.9. The second kappa shape index (κ2) is 9.53. The average Bonchev–Trinajstić information content (AvgIpc) is 3.52. The van der Waals surface area contributed by atoms with Crippen LogP contribution in [0.3, 0.4) is 0 Å². The summed E-state index contributed by atoms with van der Waals surface area (Å²) in [5, 5.41) is 24.8. The molecule has 32 heavy (non-hydrogen) atoms. The van der Waals surface area contributed by atoms with Gasteiger partial charge in [0.05, 0.1) is 36.6 Å². The van der Waals surface area contributed by atoms with Gasteiger partial charge >= 0.3 is 0 Å². The van der Waals surface area contributed by atoms with Crippen LogP contribution in [0.25, 0.3) is 0 Å². The Morgan fingerprint density at radius 3 is 2.88 bits per heavy atom. The predicted octanol–water partition coefficient (Wildman–Crippen LogP) is 2.97. The number of rotatable bonds is 5. The van der Waals surface area contributed by atoms with Crippen LogP contribution in [0.15, 0.2) is 30.5 Å². The van der Waals surface area contributed by atoms with Gasteiger partial charge in [0.25, 0.3) is 0 Å². The standard InChI is InChI=1S/C23H28N6O2S/c24-11-16-7-4-8-17(10-16)25-23(32)26-19-13-30-22-20(14-31-21(19)22)29-12-18(27-28-29)9-15-5-2-1-3-6-15/h4,7-8,10,12,15,19-22H,1-3,5-6,9,13-14H2,(H2,25,26,32). The Morgan fingerprint density at radius 2 is 2.03 bits per heavy atom. The van der Waals surface area contributed by atoms with Crippen molar-refractivity contribution < 1.29 is 9.47 Å². The predicted molar refractivity (Wildman–Crippen MR) is 123 cm³/mol. The second-order valence-electron chi connectivity index (χ2n) is 8.96. The molecule has 4 unspecified atom stereocenters. The molecule has 4 atom stereocenters. The van der Waals surface area contributed by atoms with E-state index in [0.717, 1.165) is 23.7 Å². The number of nitrogens with zero attached hydrogens (tertiary/aromatic N) is 4. The highest BCUT2D eigenvalue weighted by atomic mass is 32.1. The smallest absolute Gasteiger partial charge is 0.171 e. The van der Waals surface area contributed by atoms with E-state index < -0.39 is 0 Å². The van der Waals surface area contributed by atoms with E-state index in [2.05, 4.69) is 33.2 Å². The van der Waals surface area contributed by atoms with Crippen molar-refractivity contribution in [2.24, 2.45) is 5.92 Å². The maximum Gasteiger partial charge on any atom is 0.171 e. The molecule has 0 bridgehead atoms. The number of fused-ring (bicyclic) bond motifs is 1. The van der Waals surface area contributed by atoms with Gasteiger partial charge in [-0.05, 0) is 42.8 Å². The van der Waals surface area contributed by atoms with E-state index in [4.69, 9.17) is 27.0 Å². The van der Waals surface area contributed by atoms with Gasteiger partial charge in [0.2, 0.25) is 0 Å². The van der Waals surface area contributed by atoms with Crippen molar-refractivity contribution in [3.8, 4) is 6.07 Å². The lowest BCUT2D eigenvalue weighted by Crippen LogP contribution is -2.45. The fourth-order valence-corrected chi connectivity index (χ4v) is 5.36. The zero-order chi connectivity index (χ0) is 21.9. The normalized spacial score (nSPS) is 27.6. The molecule has 1 aromatic heterocycles. The second-order valence-corrected chi connectivity index (χ2v) is 9.37. The minimum absolute atomic E-state index is 0.0215. The van der Waals surface area contributed by atoms with Crippen molar-refractivity contribution >= 4 is 23.0 Å². The summed E-state index contributed by atoms with van der Waals surface area (Å²) in [4.78, 5) is 0. The van der Waals surface area contributed by atoms with E-state index in [9.17, 15) is 0 Å². The van der Waals surface area contributed by atoms with Crippen LogP contribution in [0, 0.1) is 17.2 Å². The highest BCUT2D eigenvalue weighted by molar-refractivity contribution is 7.80. The third-order valence-corrected chi connectivity index (χ3v) is 6.93. The van der Waals surface area contributed by atoms with Crippen LogP contribution >= 0.6 is 12.2 Å². The van der Waals surface area contributed by atoms with Crippen LogP contribution < -0.4 is 10.6 Å². The molecule has 9 heteroatoms. The van der Waals surface area contributed by atoms with E-state index in [0.29, 0.717) is 23.9 Å². The van der Waals surface area contributed by atoms with Gasteiger partial charge in [0, 0.05) is 11.9 Å². The van der Waals surface area contributed by atoms with Crippen molar-refractivity contribution in [3.63, 3.8) is 0 Å². The van der Waals surface area contributed by atoms with Crippen LogP contribution in [0.2, 0.25) is 0 Å². The first-order chi connectivity index (χ1) is 15.7. The lowest BCUT2D eigenvalue weighted by Gasteiger charge is -2.20. The van der Waals surface area contributed by atoms with Gasteiger partial charge in [-0.1, -0.05) is 43.4 Å². The van der Waals surface area contributed by atoms with Crippen molar-refractivity contribution in [2.75, 3.05) is 18.5 Å². The number of nitriles is 1. The van der Waals surface area contributed by atoms with Gasteiger partial charge in [-0.15, -0.1) is 5.10 Å². The Bertz CT molecular complexity index is 998. The first-order valence-electron chi connectivity index (χ1n) is 11.4. The minimum Gasteiger partial charge on any atom is -0.371 e. The Balaban J connectivity index is 1.17. The molecular weight excluding hydrogens is 424 g/mol. The highest BCUT2D eigenvalue weighted by Crippen LogP contribution is 2.34. The maximum atomic E-state index is 9.06. The summed E-state index contributed by atoms with van der Waals surface area (Å²) < 4.78 is 14.1. The number of hydrogen-bond acceptors (Lipinski definition) is 6. The van der Waals surface area contributed by atoms with E-state index >= 15 is 0 Å². The quantitative estimate of drug-likeness (QED) is 0.669. The SMILES string of the molecule is N#Cc1cccc(NC(=S)NC2COC3C2OCC3n2cc(CC3CCCCC3)nn2)c1. The van der Waals surface area contributed by atoms with Gasteiger partial charge in [0.15, 0.2) is 5.11 Å². The van der Waals surface area contributed by atoms with Gasteiger partial charge in [-0.2, -0.15) is 5.26 Å². The summed E-state index contributed by atoms with van der Waals surface area (Å²) in [5.74, 6) is 0.736. The molecule has 0 spiro atoms. The van der Waals surface area contributed by atoms with Gasteiger partial charge in [-0.25, -0.2) is 4.68 Å². The van der Waals surface area contributed by atoms with Gasteiger partial charge in [0.1, 0.15) is 18.2 Å².